The molecule has 2 unspecified atom stereocenters. The Hall–Kier alpha value is -2.56. The van der Waals surface area contributed by atoms with E-state index >= 15 is 0 Å². The SMILES string of the molecule is O=C(O)C1CCC1C(=O)N1CC=C(c2c[nH]c3ccccc23)CC1. The van der Waals surface area contributed by atoms with Gasteiger partial charge in [0, 0.05) is 35.8 Å². The second-order valence-corrected chi connectivity index (χ2v) is 6.64. The summed E-state index contributed by atoms with van der Waals surface area (Å²) in [4.78, 5) is 28.7. The molecule has 2 N–H and O–H groups in total. The molecular formula is C19H20N2O3. The number of aromatic amines is 1. The first-order valence-electron chi connectivity index (χ1n) is 8.42. The third-order valence-electron chi connectivity index (χ3n) is 5.36. The van der Waals surface area contributed by atoms with Gasteiger partial charge in [-0.15, -0.1) is 0 Å². The number of nitrogens with zero attached hydrogens (tertiary/aromatic N) is 1. The quantitative estimate of drug-likeness (QED) is 0.912. The molecule has 4 rings (SSSR count). The van der Waals surface area contributed by atoms with Gasteiger partial charge in [-0.05, 0) is 30.9 Å². The van der Waals surface area contributed by atoms with Crippen LogP contribution in [0.25, 0.3) is 16.5 Å². The number of amides is 1. The molecule has 0 saturated heterocycles. The number of rotatable bonds is 3. The Balaban J connectivity index is 1.49. The van der Waals surface area contributed by atoms with Crippen LogP contribution in [0.15, 0.2) is 36.5 Å². The summed E-state index contributed by atoms with van der Waals surface area (Å²) in [7, 11) is 0. The predicted octanol–water partition coefficient (Wildman–Crippen LogP) is 2.89. The molecule has 1 fully saturated rings. The van der Waals surface area contributed by atoms with Gasteiger partial charge in [-0.25, -0.2) is 0 Å². The molecule has 2 atom stereocenters. The van der Waals surface area contributed by atoms with E-state index in [0.29, 0.717) is 25.9 Å². The number of fused-ring (bicyclic) bond motifs is 1. The lowest BCUT2D eigenvalue weighted by Crippen LogP contribution is -2.47. The molecule has 1 aliphatic carbocycles. The Bertz CT molecular complexity index is 836. The van der Waals surface area contributed by atoms with Crippen LogP contribution in [0.1, 0.15) is 24.8 Å². The maximum Gasteiger partial charge on any atom is 0.307 e. The van der Waals surface area contributed by atoms with Gasteiger partial charge >= 0.3 is 5.97 Å². The highest BCUT2D eigenvalue weighted by Gasteiger charge is 2.43. The number of aromatic nitrogens is 1. The summed E-state index contributed by atoms with van der Waals surface area (Å²) in [5, 5.41) is 10.3. The van der Waals surface area contributed by atoms with Crippen LogP contribution < -0.4 is 0 Å². The Morgan fingerprint density at radius 1 is 1.17 bits per heavy atom. The highest BCUT2D eigenvalue weighted by molar-refractivity contribution is 5.93. The third kappa shape index (κ3) is 2.40. The van der Waals surface area contributed by atoms with E-state index in [0.717, 1.165) is 11.9 Å². The second-order valence-electron chi connectivity index (χ2n) is 6.64. The zero-order chi connectivity index (χ0) is 16.7. The smallest absolute Gasteiger partial charge is 0.307 e. The molecule has 1 amide bonds. The largest absolute Gasteiger partial charge is 0.481 e. The number of carbonyl (C=O) groups is 2. The molecule has 24 heavy (non-hydrogen) atoms. The molecule has 2 heterocycles. The molecule has 1 aromatic heterocycles. The molecule has 1 aliphatic heterocycles. The molecular weight excluding hydrogens is 304 g/mol. The Kier molecular flexibility index (Phi) is 3.63. The Morgan fingerprint density at radius 3 is 2.62 bits per heavy atom. The van der Waals surface area contributed by atoms with E-state index in [1.165, 1.54) is 16.5 Å². The molecule has 124 valence electrons. The molecule has 1 saturated carbocycles. The van der Waals surface area contributed by atoms with Gasteiger partial charge < -0.3 is 15.0 Å². The Labute approximate surface area is 140 Å². The maximum atomic E-state index is 12.5. The van der Waals surface area contributed by atoms with Crippen molar-refractivity contribution in [3.05, 3.63) is 42.1 Å². The zero-order valence-corrected chi connectivity index (χ0v) is 13.4. The van der Waals surface area contributed by atoms with Gasteiger partial charge in [-0.3, -0.25) is 9.59 Å². The standard InChI is InChI=1S/C19H20N2O3/c22-18(14-5-6-15(14)19(23)24)21-9-7-12(8-10-21)16-11-20-17-4-2-1-3-13(16)17/h1-4,7,11,14-15,20H,5-6,8-10H2,(H,23,24). The molecule has 1 aromatic carbocycles. The van der Waals surface area contributed by atoms with Gasteiger partial charge in [0.05, 0.1) is 11.8 Å². The fourth-order valence-corrected chi connectivity index (χ4v) is 3.78. The van der Waals surface area contributed by atoms with Gasteiger partial charge in [-0.1, -0.05) is 24.3 Å². The molecule has 2 aromatic rings. The first-order valence-corrected chi connectivity index (χ1v) is 8.42. The van der Waals surface area contributed by atoms with Crippen LogP contribution in [0.3, 0.4) is 0 Å². The highest BCUT2D eigenvalue weighted by atomic mass is 16.4. The normalized spacial score (nSPS) is 23.7. The molecule has 2 aliphatic rings. The molecule has 5 nitrogen and oxygen atoms in total. The van der Waals surface area contributed by atoms with Crippen LogP contribution in [0, 0.1) is 11.8 Å². The van der Waals surface area contributed by atoms with Gasteiger partial charge in [0.15, 0.2) is 0 Å². The van der Waals surface area contributed by atoms with E-state index in [9.17, 15) is 9.59 Å². The summed E-state index contributed by atoms with van der Waals surface area (Å²) in [5.74, 6) is -1.66. The van der Waals surface area contributed by atoms with Crippen LogP contribution in [0.5, 0.6) is 0 Å². The summed E-state index contributed by atoms with van der Waals surface area (Å²) >= 11 is 0. The average Bonchev–Trinajstić information content (AvgIpc) is 2.97. The van der Waals surface area contributed by atoms with Gasteiger partial charge in [-0.2, -0.15) is 0 Å². The molecule has 0 spiro atoms. The minimum atomic E-state index is -0.841. The van der Waals surface area contributed by atoms with Crippen molar-refractivity contribution in [2.24, 2.45) is 11.8 Å². The fourth-order valence-electron chi connectivity index (χ4n) is 3.78. The minimum absolute atomic E-state index is 0.00266. The van der Waals surface area contributed by atoms with Crippen LogP contribution >= 0.6 is 0 Å². The van der Waals surface area contributed by atoms with Gasteiger partial charge in [0.1, 0.15) is 0 Å². The molecule has 5 heteroatoms. The van der Waals surface area contributed by atoms with E-state index in [1.807, 2.05) is 18.3 Å². The van der Waals surface area contributed by atoms with E-state index in [-0.39, 0.29) is 11.8 Å². The second kappa shape index (κ2) is 5.82. The van der Waals surface area contributed by atoms with E-state index < -0.39 is 11.9 Å². The summed E-state index contributed by atoms with van der Waals surface area (Å²) in [6.07, 6.45) is 6.26. The first-order chi connectivity index (χ1) is 11.6. The first kappa shape index (κ1) is 15.0. The summed E-state index contributed by atoms with van der Waals surface area (Å²) in [6, 6.07) is 8.20. The lowest BCUT2D eigenvalue weighted by molar-refractivity contribution is -0.156. The molecule has 0 radical (unpaired) electrons. The van der Waals surface area contributed by atoms with Crippen LogP contribution in [-0.2, 0) is 9.59 Å². The highest BCUT2D eigenvalue weighted by Crippen LogP contribution is 2.37. The maximum absolute atomic E-state index is 12.5. The minimum Gasteiger partial charge on any atom is -0.481 e. The summed E-state index contributed by atoms with van der Waals surface area (Å²) in [5.41, 5.74) is 3.57. The topological polar surface area (TPSA) is 73.4 Å². The van der Waals surface area contributed by atoms with Crippen molar-refractivity contribution in [1.29, 1.82) is 0 Å². The third-order valence-corrected chi connectivity index (χ3v) is 5.36. The van der Waals surface area contributed by atoms with E-state index in [1.54, 1.807) is 4.90 Å². The lowest BCUT2D eigenvalue weighted by atomic mass is 9.72. The van der Waals surface area contributed by atoms with Crippen molar-refractivity contribution in [2.75, 3.05) is 13.1 Å². The number of hydrogen-bond acceptors (Lipinski definition) is 2. The molecule has 0 bridgehead atoms. The van der Waals surface area contributed by atoms with Crippen molar-refractivity contribution in [1.82, 2.24) is 9.88 Å². The number of carboxylic acids is 1. The number of hydrogen-bond donors (Lipinski definition) is 2. The van der Waals surface area contributed by atoms with Crippen molar-refractivity contribution in [2.45, 2.75) is 19.3 Å². The predicted molar refractivity (Wildman–Crippen MR) is 91.3 cm³/mol. The zero-order valence-electron chi connectivity index (χ0n) is 13.4. The Morgan fingerprint density at radius 2 is 1.96 bits per heavy atom. The van der Waals surface area contributed by atoms with Crippen molar-refractivity contribution in [3.8, 4) is 0 Å². The average molecular weight is 324 g/mol. The van der Waals surface area contributed by atoms with Crippen LogP contribution in [0.2, 0.25) is 0 Å². The summed E-state index contributed by atoms with van der Waals surface area (Å²) in [6.45, 7) is 1.23. The number of carboxylic acid groups (broad SMARTS) is 1. The lowest BCUT2D eigenvalue weighted by Gasteiger charge is -2.37. The summed E-state index contributed by atoms with van der Waals surface area (Å²) < 4.78 is 0. The number of benzene rings is 1. The fraction of sp³-hybridized carbons (Fsp3) is 0.368. The van der Waals surface area contributed by atoms with Crippen molar-refractivity contribution >= 4 is 28.4 Å². The van der Waals surface area contributed by atoms with Crippen molar-refractivity contribution < 1.29 is 14.7 Å². The number of carbonyl (C=O) groups excluding carboxylic acids is 1. The number of aliphatic carboxylic acids is 1. The van der Waals surface area contributed by atoms with Gasteiger partial charge in [0.2, 0.25) is 5.91 Å². The monoisotopic (exact) mass is 324 g/mol. The number of H-pyrrole nitrogens is 1. The van der Waals surface area contributed by atoms with Crippen LogP contribution in [-0.4, -0.2) is 40.0 Å². The van der Waals surface area contributed by atoms with E-state index in [2.05, 4.69) is 23.2 Å². The van der Waals surface area contributed by atoms with Gasteiger partial charge in [0.25, 0.3) is 0 Å². The number of nitrogens with one attached hydrogen (secondary N) is 1. The van der Waals surface area contributed by atoms with Crippen LogP contribution in [0.4, 0.5) is 0 Å². The van der Waals surface area contributed by atoms with Crippen molar-refractivity contribution in [3.63, 3.8) is 0 Å². The van der Waals surface area contributed by atoms with E-state index in [4.69, 9.17) is 5.11 Å². The number of para-hydroxylation sites is 1.